The molecule has 0 spiro atoms. The maximum absolute atomic E-state index is 12.5. The summed E-state index contributed by atoms with van der Waals surface area (Å²) in [5, 5.41) is 0.914. The molecule has 0 aliphatic carbocycles. The van der Waals surface area contributed by atoms with E-state index < -0.39 is 9.84 Å². The van der Waals surface area contributed by atoms with Crippen molar-refractivity contribution in [2.45, 2.75) is 38.0 Å². The van der Waals surface area contributed by atoms with Gasteiger partial charge in [0.25, 0.3) is 5.91 Å². The molecule has 2 aliphatic rings. The fourth-order valence-electron chi connectivity index (χ4n) is 3.35. The zero-order valence-corrected chi connectivity index (χ0v) is 18.5. The number of hydrogen-bond donors (Lipinski definition) is 0. The minimum atomic E-state index is -3.10. The summed E-state index contributed by atoms with van der Waals surface area (Å²) in [4.78, 5) is 18.8. The highest BCUT2D eigenvalue weighted by Gasteiger charge is 2.49. The van der Waals surface area contributed by atoms with Gasteiger partial charge in [-0.3, -0.25) is 4.79 Å². The number of thioether (sulfide) groups is 1. The Kier molecular flexibility index (Phi) is 6.06. The molecule has 0 bridgehead atoms. The summed E-state index contributed by atoms with van der Waals surface area (Å²) in [7, 11) is -3.10. The van der Waals surface area contributed by atoms with Gasteiger partial charge in [-0.25, -0.2) is 8.42 Å². The molecular formula is C17H20BrClN2O3S2. The number of nitrogens with zero attached hydrogens (tertiary/aromatic N) is 2. The van der Waals surface area contributed by atoms with Crippen molar-refractivity contribution >= 4 is 65.9 Å². The number of anilines is 1. The van der Waals surface area contributed by atoms with E-state index >= 15 is 0 Å². The molecule has 2 aliphatic heterocycles. The second-order valence-electron chi connectivity index (χ2n) is 6.51. The molecule has 1 aromatic carbocycles. The maximum Gasteiger partial charge on any atom is 0.251 e. The molecule has 2 fully saturated rings. The smallest absolute Gasteiger partial charge is 0.251 e. The summed E-state index contributed by atoms with van der Waals surface area (Å²) in [5.74, 6) is -0.117. The molecule has 0 radical (unpaired) electrons. The summed E-state index contributed by atoms with van der Waals surface area (Å²) in [6.45, 7) is 3.94. The van der Waals surface area contributed by atoms with Crippen molar-refractivity contribution in [2.75, 3.05) is 16.4 Å². The van der Waals surface area contributed by atoms with Crippen LogP contribution in [-0.4, -0.2) is 42.3 Å². The number of hydrogen-bond acceptors (Lipinski definition) is 4. The topological polar surface area (TPSA) is 66.8 Å². The Morgan fingerprint density at radius 1 is 1.38 bits per heavy atom. The SMILES string of the molecule is CCC(CC)C(=O)N=C1S[C@H]2CS(=O)(=O)C[C@H]2N1c1ccc(Br)cc1Cl. The number of carbonyl (C=O) groups excluding carboxylic acids is 1. The number of amidine groups is 1. The molecule has 26 heavy (non-hydrogen) atoms. The summed E-state index contributed by atoms with van der Waals surface area (Å²) < 4.78 is 25.0. The zero-order valence-electron chi connectivity index (χ0n) is 14.5. The zero-order chi connectivity index (χ0) is 19.1. The van der Waals surface area contributed by atoms with Crippen LogP contribution in [0.4, 0.5) is 5.69 Å². The molecule has 1 amide bonds. The quantitative estimate of drug-likeness (QED) is 0.649. The maximum atomic E-state index is 12.5. The fourth-order valence-corrected chi connectivity index (χ4v) is 8.02. The lowest BCUT2D eigenvalue weighted by Gasteiger charge is -2.25. The Hall–Kier alpha value is -0.570. The van der Waals surface area contributed by atoms with Gasteiger partial charge in [-0.05, 0) is 31.0 Å². The van der Waals surface area contributed by atoms with Crippen LogP contribution in [0.5, 0.6) is 0 Å². The van der Waals surface area contributed by atoms with Crippen LogP contribution in [0.15, 0.2) is 27.7 Å². The molecule has 2 saturated heterocycles. The van der Waals surface area contributed by atoms with Gasteiger partial charge in [0.2, 0.25) is 0 Å². The predicted octanol–water partition coefficient (Wildman–Crippen LogP) is 4.14. The monoisotopic (exact) mass is 478 g/mol. The fraction of sp³-hybridized carbons (Fsp3) is 0.529. The van der Waals surface area contributed by atoms with Gasteiger partial charge >= 0.3 is 0 Å². The van der Waals surface area contributed by atoms with Crippen molar-refractivity contribution in [3.63, 3.8) is 0 Å². The van der Waals surface area contributed by atoms with E-state index in [0.717, 1.165) is 17.3 Å². The number of rotatable bonds is 4. The molecule has 9 heteroatoms. The number of halogens is 2. The number of aliphatic imine (C=N–C) groups is 1. The second-order valence-corrected chi connectivity index (χ2v) is 11.2. The number of amides is 1. The Labute approximate surface area is 171 Å². The van der Waals surface area contributed by atoms with Crippen LogP contribution in [0, 0.1) is 5.92 Å². The lowest BCUT2D eigenvalue weighted by atomic mass is 10.0. The first-order valence-corrected chi connectivity index (χ1v) is 12.4. The number of carbonyl (C=O) groups is 1. The van der Waals surface area contributed by atoms with Gasteiger partial charge in [0.05, 0.1) is 28.3 Å². The average molecular weight is 480 g/mol. The molecule has 2 atom stereocenters. The van der Waals surface area contributed by atoms with Gasteiger partial charge in [-0.15, -0.1) is 0 Å². The van der Waals surface area contributed by atoms with E-state index in [1.807, 2.05) is 30.9 Å². The predicted molar refractivity (Wildman–Crippen MR) is 112 cm³/mol. The lowest BCUT2D eigenvalue weighted by Crippen LogP contribution is -2.38. The molecule has 1 aromatic rings. The van der Waals surface area contributed by atoms with Crippen molar-refractivity contribution < 1.29 is 13.2 Å². The Balaban J connectivity index is 2.02. The largest absolute Gasteiger partial charge is 0.314 e. The van der Waals surface area contributed by atoms with Gasteiger partial charge < -0.3 is 4.90 Å². The Morgan fingerprint density at radius 3 is 2.69 bits per heavy atom. The third-order valence-corrected chi connectivity index (χ3v) is 8.78. The van der Waals surface area contributed by atoms with Crippen molar-refractivity contribution in [1.29, 1.82) is 0 Å². The number of fused-ring (bicyclic) bond motifs is 1. The third-order valence-electron chi connectivity index (χ3n) is 4.78. The van der Waals surface area contributed by atoms with Gasteiger partial charge in [-0.1, -0.05) is 53.1 Å². The highest BCUT2D eigenvalue weighted by molar-refractivity contribution is 9.10. The molecule has 142 valence electrons. The van der Waals surface area contributed by atoms with Gasteiger partial charge in [0, 0.05) is 15.6 Å². The lowest BCUT2D eigenvalue weighted by molar-refractivity contribution is -0.121. The first-order valence-electron chi connectivity index (χ1n) is 8.49. The Bertz CT molecular complexity index is 856. The standard InChI is InChI=1S/C17H20BrClN2O3S2/c1-3-10(4-2)16(22)20-17-21(13-6-5-11(18)7-12(13)19)14-8-26(23,24)9-15(14)25-17/h5-7,10,14-15H,3-4,8-9H2,1-2H3/t14-,15+/m1/s1. The van der Waals surface area contributed by atoms with E-state index in [2.05, 4.69) is 20.9 Å². The number of sulfone groups is 1. The molecule has 0 saturated carbocycles. The third kappa shape index (κ3) is 3.98. The van der Waals surface area contributed by atoms with Crippen LogP contribution in [0.25, 0.3) is 0 Å². The van der Waals surface area contributed by atoms with Gasteiger partial charge in [0.1, 0.15) is 0 Å². The van der Waals surface area contributed by atoms with Crippen LogP contribution in [0.1, 0.15) is 26.7 Å². The second kappa shape index (κ2) is 7.81. The molecule has 0 N–H and O–H groups in total. The summed E-state index contributed by atoms with van der Waals surface area (Å²) in [6.07, 6.45) is 1.47. The van der Waals surface area contributed by atoms with E-state index in [1.54, 1.807) is 6.07 Å². The van der Waals surface area contributed by atoms with E-state index in [-0.39, 0.29) is 34.6 Å². The van der Waals surface area contributed by atoms with E-state index in [1.165, 1.54) is 11.8 Å². The average Bonchev–Trinajstić information content (AvgIpc) is 3.00. The Morgan fingerprint density at radius 2 is 2.08 bits per heavy atom. The van der Waals surface area contributed by atoms with Crippen molar-refractivity contribution in [3.05, 3.63) is 27.7 Å². The summed E-state index contributed by atoms with van der Waals surface area (Å²) in [6, 6.07) is 5.19. The van der Waals surface area contributed by atoms with Gasteiger partial charge in [0.15, 0.2) is 15.0 Å². The molecular weight excluding hydrogens is 460 g/mol. The highest BCUT2D eigenvalue weighted by atomic mass is 79.9. The van der Waals surface area contributed by atoms with Crippen molar-refractivity contribution in [3.8, 4) is 0 Å². The molecule has 0 unspecified atom stereocenters. The highest BCUT2D eigenvalue weighted by Crippen LogP contribution is 2.43. The molecule has 2 heterocycles. The molecule has 0 aromatic heterocycles. The van der Waals surface area contributed by atoms with Crippen LogP contribution in [0.3, 0.4) is 0 Å². The van der Waals surface area contributed by atoms with Crippen LogP contribution in [-0.2, 0) is 14.6 Å². The minimum Gasteiger partial charge on any atom is -0.314 e. The van der Waals surface area contributed by atoms with Crippen LogP contribution >= 0.6 is 39.3 Å². The van der Waals surface area contributed by atoms with Crippen molar-refractivity contribution in [2.24, 2.45) is 10.9 Å². The van der Waals surface area contributed by atoms with E-state index in [0.29, 0.717) is 15.9 Å². The van der Waals surface area contributed by atoms with Crippen molar-refractivity contribution in [1.82, 2.24) is 0 Å². The summed E-state index contributed by atoms with van der Waals surface area (Å²) >= 11 is 11.2. The van der Waals surface area contributed by atoms with Crippen LogP contribution < -0.4 is 4.90 Å². The van der Waals surface area contributed by atoms with E-state index in [4.69, 9.17) is 11.6 Å². The molecule has 3 rings (SSSR count). The number of benzene rings is 1. The first-order chi connectivity index (χ1) is 12.3. The first kappa shape index (κ1) is 20.2. The summed E-state index contributed by atoms with van der Waals surface area (Å²) in [5.41, 5.74) is 0.683. The van der Waals surface area contributed by atoms with E-state index in [9.17, 15) is 13.2 Å². The van der Waals surface area contributed by atoms with Crippen LogP contribution in [0.2, 0.25) is 5.02 Å². The molecule has 5 nitrogen and oxygen atoms in total. The minimum absolute atomic E-state index is 0.0508. The van der Waals surface area contributed by atoms with Gasteiger partial charge in [-0.2, -0.15) is 4.99 Å². The normalized spacial score (nSPS) is 25.9.